The van der Waals surface area contributed by atoms with Crippen LogP contribution in [0.2, 0.25) is 0 Å². The van der Waals surface area contributed by atoms with Gasteiger partial charge in [0.05, 0.1) is 6.54 Å². The summed E-state index contributed by atoms with van der Waals surface area (Å²) >= 11 is 1.62. The average molecular weight is 402 g/mol. The first kappa shape index (κ1) is 19.1. The predicted octanol–water partition coefficient (Wildman–Crippen LogP) is 2.93. The highest BCUT2D eigenvalue weighted by Gasteiger charge is 2.33. The zero-order chi connectivity index (χ0) is 19.5. The molecule has 5 nitrogen and oxygen atoms in total. The monoisotopic (exact) mass is 401 g/mol. The molecule has 0 bridgehead atoms. The van der Waals surface area contributed by atoms with Crippen molar-refractivity contribution in [3.05, 3.63) is 59.9 Å². The molecule has 1 amide bonds. The summed E-state index contributed by atoms with van der Waals surface area (Å²) in [7, 11) is 0. The minimum Gasteiger partial charge on any atom is -0.508 e. The maximum absolute atomic E-state index is 14.2. The van der Waals surface area contributed by atoms with Crippen LogP contribution >= 0.6 is 11.8 Å². The second kappa shape index (κ2) is 8.41. The van der Waals surface area contributed by atoms with Crippen LogP contribution in [-0.2, 0) is 4.79 Å². The smallest absolute Gasteiger partial charge is 0.237 e. The quantitative estimate of drug-likeness (QED) is 0.854. The zero-order valence-corrected chi connectivity index (χ0v) is 16.4. The standard InChI is InChI=1S/C21H24FN3O2S/c22-19-4-2-1-3-18(19)21-25(13-14-28-21)20(27)15-23-9-11-24(12-10-23)16-5-7-17(26)8-6-16/h1-8,21,26H,9-15H2/t21-/m0/s1. The number of carbonyl (C=O) groups excluding carboxylic acids is 1. The van der Waals surface area contributed by atoms with E-state index in [0.29, 0.717) is 18.7 Å². The molecule has 2 aliphatic rings. The predicted molar refractivity (Wildman–Crippen MR) is 110 cm³/mol. The molecule has 1 atom stereocenters. The number of carbonyl (C=O) groups is 1. The number of rotatable bonds is 4. The summed E-state index contributed by atoms with van der Waals surface area (Å²) < 4.78 is 14.2. The normalized spacial score (nSPS) is 20.5. The average Bonchev–Trinajstić information content (AvgIpc) is 3.19. The Morgan fingerprint density at radius 3 is 2.46 bits per heavy atom. The molecule has 2 aliphatic heterocycles. The van der Waals surface area contributed by atoms with E-state index in [1.165, 1.54) is 6.07 Å². The molecule has 0 spiro atoms. The van der Waals surface area contributed by atoms with Crippen LogP contribution in [0.15, 0.2) is 48.5 Å². The van der Waals surface area contributed by atoms with E-state index in [1.807, 2.05) is 23.1 Å². The molecule has 0 aliphatic carbocycles. The first-order valence-corrected chi connectivity index (χ1v) is 10.6. The summed E-state index contributed by atoms with van der Waals surface area (Å²) in [6, 6.07) is 13.9. The number of anilines is 1. The topological polar surface area (TPSA) is 47.0 Å². The largest absolute Gasteiger partial charge is 0.508 e. The Morgan fingerprint density at radius 2 is 1.75 bits per heavy atom. The van der Waals surface area contributed by atoms with Gasteiger partial charge >= 0.3 is 0 Å². The summed E-state index contributed by atoms with van der Waals surface area (Å²) in [5.74, 6) is 0.916. The lowest BCUT2D eigenvalue weighted by Gasteiger charge is -2.36. The van der Waals surface area contributed by atoms with Gasteiger partial charge in [-0.15, -0.1) is 11.8 Å². The fourth-order valence-electron chi connectivity index (χ4n) is 3.77. The molecule has 4 rings (SSSR count). The van der Waals surface area contributed by atoms with Gasteiger partial charge in [0.15, 0.2) is 0 Å². The maximum atomic E-state index is 14.2. The summed E-state index contributed by atoms with van der Waals surface area (Å²) in [6.45, 7) is 4.31. The molecular formula is C21H24FN3O2S. The number of aromatic hydroxyl groups is 1. The van der Waals surface area contributed by atoms with E-state index in [0.717, 1.165) is 37.6 Å². The fraction of sp³-hybridized carbons (Fsp3) is 0.381. The third-order valence-corrected chi connectivity index (χ3v) is 6.57. The van der Waals surface area contributed by atoms with Crippen molar-refractivity contribution in [1.29, 1.82) is 0 Å². The number of phenolic OH excluding ortho intramolecular Hbond substituents is 1. The second-order valence-electron chi connectivity index (χ2n) is 7.11. The van der Waals surface area contributed by atoms with Crippen molar-refractivity contribution in [2.75, 3.05) is 49.9 Å². The van der Waals surface area contributed by atoms with Crippen molar-refractivity contribution in [1.82, 2.24) is 9.80 Å². The van der Waals surface area contributed by atoms with Gasteiger partial charge in [-0.2, -0.15) is 0 Å². The molecule has 0 radical (unpaired) electrons. The SMILES string of the molecule is O=C(CN1CCN(c2ccc(O)cc2)CC1)N1CCS[C@H]1c1ccccc1F. The first-order valence-electron chi connectivity index (χ1n) is 9.53. The van der Waals surface area contributed by atoms with E-state index in [2.05, 4.69) is 9.80 Å². The minimum atomic E-state index is -0.248. The number of amides is 1. The summed E-state index contributed by atoms with van der Waals surface area (Å²) in [4.78, 5) is 19.1. The lowest BCUT2D eigenvalue weighted by Crippen LogP contribution is -2.50. The number of thioether (sulfide) groups is 1. The van der Waals surface area contributed by atoms with Crippen molar-refractivity contribution in [3.8, 4) is 5.75 Å². The number of hydrogen-bond acceptors (Lipinski definition) is 5. The van der Waals surface area contributed by atoms with Gasteiger partial charge in [-0.3, -0.25) is 9.69 Å². The van der Waals surface area contributed by atoms with Gasteiger partial charge < -0.3 is 14.9 Å². The Labute approximate surface area is 168 Å². The van der Waals surface area contributed by atoms with Crippen molar-refractivity contribution >= 4 is 23.4 Å². The van der Waals surface area contributed by atoms with Gasteiger partial charge in [-0.1, -0.05) is 18.2 Å². The highest BCUT2D eigenvalue weighted by Crippen LogP contribution is 2.39. The number of nitrogens with zero attached hydrogens (tertiary/aromatic N) is 3. The van der Waals surface area contributed by atoms with E-state index in [-0.39, 0.29) is 22.8 Å². The van der Waals surface area contributed by atoms with Crippen LogP contribution in [0.4, 0.5) is 10.1 Å². The molecular weight excluding hydrogens is 377 g/mol. The van der Waals surface area contributed by atoms with Gasteiger partial charge in [0.1, 0.15) is 16.9 Å². The van der Waals surface area contributed by atoms with Gasteiger partial charge in [-0.25, -0.2) is 4.39 Å². The number of piperazine rings is 1. The summed E-state index contributed by atoms with van der Waals surface area (Å²) in [5, 5.41) is 9.20. The number of hydrogen-bond donors (Lipinski definition) is 1. The molecule has 7 heteroatoms. The third-order valence-electron chi connectivity index (χ3n) is 5.33. The van der Waals surface area contributed by atoms with E-state index >= 15 is 0 Å². The van der Waals surface area contributed by atoms with Crippen molar-refractivity contribution in [2.24, 2.45) is 0 Å². The van der Waals surface area contributed by atoms with Crippen LogP contribution < -0.4 is 4.90 Å². The molecule has 28 heavy (non-hydrogen) atoms. The van der Waals surface area contributed by atoms with E-state index in [9.17, 15) is 14.3 Å². The van der Waals surface area contributed by atoms with Gasteiger partial charge in [0, 0.05) is 49.7 Å². The first-order chi connectivity index (χ1) is 13.6. The van der Waals surface area contributed by atoms with Crippen LogP contribution in [0.25, 0.3) is 0 Å². The van der Waals surface area contributed by atoms with Crippen LogP contribution in [-0.4, -0.2) is 65.8 Å². The van der Waals surface area contributed by atoms with Gasteiger partial charge in [0.2, 0.25) is 5.91 Å². The second-order valence-corrected chi connectivity index (χ2v) is 8.30. The molecule has 1 N–H and O–H groups in total. The van der Waals surface area contributed by atoms with Crippen molar-refractivity contribution < 1.29 is 14.3 Å². The lowest BCUT2D eigenvalue weighted by atomic mass is 10.2. The van der Waals surface area contributed by atoms with Crippen LogP contribution in [0.1, 0.15) is 10.9 Å². The maximum Gasteiger partial charge on any atom is 0.237 e. The van der Waals surface area contributed by atoms with Crippen molar-refractivity contribution in [3.63, 3.8) is 0 Å². The zero-order valence-electron chi connectivity index (χ0n) is 15.6. The molecule has 0 unspecified atom stereocenters. The lowest BCUT2D eigenvalue weighted by molar-refractivity contribution is -0.132. The van der Waals surface area contributed by atoms with E-state index < -0.39 is 0 Å². The summed E-state index contributed by atoms with van der Waals surface area (Å²) in [5.41, 5.74) is 1.68. The van der Waals surface area contributed by atoms with Gasteiger partial charge in [-0.05, 0) is 30.3 Å². The van der Waals surface area contributed by atoms with E-state index in [4.69, 9.17) is 0 Å². The Morgan fingerprint density at radius 1 is 1.04 bits per heavy atom. The molecule has 0 aromatic heterocycles. The van der Waals surface area contributed by atoms with Crippen LogP contribution in [0.3, 0.4) is 0 Å². The number of benzene rings is 2. The molecule has 2 heterocycles. The molecule has 2 aromatic rings. The molecule has 2 aromatic carbocycles. The van der Waals surface area contributed by atoms with E-state index in [1.54, 1.807) is 36.0 Å². The van der Waals surface area contributed by atoms with Gasteiger partial charge in [0.25, 0.3) is 0 Å². The number of halogens is 1. The van der Waals surface area contributed by atoms with Crippen molar-refractivity contribution in [2.45, 2.75) is 5.37 Å². The molecule has 148 valence electrons. The molecule has 0 saturated carbocycles. The Hall–Kier alpha value is -2.25. The van der Waals surface area contributed by atoms with Crippen LogP contribution in [0, 0.1) is 5.82 Å². The fourth-order valence-corrected chi connectivity index (χ4v) is 5.07. The van der Waals surface area contributed by atoms with Crippen LogP contribution in [0.5, 0.6) is 5.75 Å². The molecule has 2 fully saturated rings. The minimum absolute atomic E-state index is 0.0661. The molecule has 2 saturated heterocycles. The summed E-state index contributed by atoms with van der Waals surface area (Å²) in [6.07, 6.45) is 0. The Bertz CT molecular complexity index is 825. The highest BCUT2D eigenvalue weighted by atomic mass is 32.2. The Kier molecular flexibility index (Phi) is 5.73. The highest BCUT2D eigenvalue weighted by molar-refractivity contribution is 7.99. The Balaban J connectivity index is 1.34. The number of phenols is 1. The third kappa shape index (κ3) is 4.10.